The number of nitriles is 1. The molecule has 0 aliphatic heterocycles. The van der Waals surface area contributed by atoms with E-state index in [-0.39, 0.29) is 5.78 Å². The third-order valence-electron chi connectivity index (χ3n) is 1.30. The van der Waals surface area contributed by atoms with Crippen LogP contribution in [0.5, 0.6) is 0 Å². The highest BCUT2D eigenvalue weighted by Gasteiger charge is 2.19. The zero-order valence-corrected chi connectivity index (χ0v) is 5.24. The number of nitrogens with two attached hydrogens (primary N) is 1. The molecule has 50 valence electrons. The second-order valence-corrected chi connectivity index (χ2v) is 1.99. The third-order valence-corrected chi connectivity index (χ3v) is 1.30. The summed E-state index contributed by atoms with van der Waals surface area (Å²) in [5.74, 6) is -0.993. The molecule has 1 aliphatic rings. The number of carbonyl (C=O) groups excluding carboxylic acids is 1. The van der Waals surface area contributed by atoms with E-state index in [0.717, 1.165) is 0 Å². The average molecular weight is 134 g/mol. The number of nitrogens with zero attached hydrogens (tertiary/aromatic N) is 1. The van der Waals surface area contributed by atoms with Crippen molar-refractivity contribution < 1.29 is 4.79 Å². The smallest absolute Gasteiger partial charge is 0.178 e. The Balaban J connectivity index is 2.95. The van der Waals surface area contributed by atoms with Gasteiger partial charge in [-0.2, -0.15) is 5.26 Å². The first-order chi connectivity index (χ1) is 4.75. The number of ketones is 1. The van der Waals surface area contributed by atoms with E-state index in [1.807, 2.05) is 6.07 Å². The zero-order chi connectivity index (χ0) is 7.56. The van der Waals surface area contributed by atoms with Crippen molar-refractivity contribution in [2.24, 2.45) is 11.7 Å². The Morgan fingerprint density at radius 3 is 2.80 bits per heavy atom. The quantitative estimate of drug-likeness (QED) is 0.511. The molecule has 1 rings (SSSR count). The Labute approximate surface area is 58.4 Å². The Hall–Kier alpha value is -1.56. The predicted molar refractivity (Wildman–Crippen MR) is 35.5 cm³/mol. The summed E-state index contributed by atoms with van der Waals surface area (Å²) in [6.07, 6.45) is 4.46. The second-order valence-electron chi connectivity index (χ2n) is 1.99. The first kappa shape index (κ1) is 6.56. The van der Waals surface area contributed by atoms with Crippen LogP contribution in [0.2, 0.25) is 0 Å². The predicted octanol–water partition coefficient (Wildman–Crippen LogP) is 0.108. The molecule has 3 heteroatoms. The molecule has 0 saturated carbocycles. The first-order valence-electron chi connectivity index (χ1n) is 2.83. The number of allylic oxidation sites excluding steroid dienone is 4. The van der Waals surface area contributed by atoms with Crippen LogP contribution < -0.4 is 5.73 Å². The van der Waals surface area contributed by atoms with Gasteiger partial charge in [-0.15, -0.1) is 0 Å². The SMILES string of the molecule is N#CC1C(=O)C=CC=C1N. The van der Waals surface area contributed by atoms with Gasteiger partial charge < -0.3 is 5.73 Å². The lowest BCUT2D eigenvalue weighted by molar-refractivity contribution is -0.116. The molecule has 0 bridgehead atoms. The van der Waals surface area contributed by atoms with Gasteiger partial charge in [0.05, 0.1) is 6.07 Å². The minimum Gasteiger partial charge on any atom is -0.401 e. The van der Waals surface area contributed by atoms with Crippen molar-refractivity contribution in [2.45, 2.75) is 0 Å². The minimum absolute atomic E-state index is 0.234. The second kappa shape index (κ2) is 2.36. The molecule has 3 nitrogen and oxygen atoms in total. The van der Waals surface area contributed by atoms with Gasteiger partial charge in [0.1, 0.15) is 5.92 Å². The number of hydrogen-bond acceptors (Lipinski definition) is 3. The fourth-order valence-electron chi connectivity index (χ4n) is 0.749. The summed E-state index contributed by atoms with van der Waals surface area (Å²) in [6.45, 7) is 0. The standard InChI is InChI=1S/C7H6N2O/c8-4-5-6(9)2-1-3-7(5)10/h1-3,5H,9H2. The monoisotopic (exact) mass is 134 g/mol. The number of rotatable bonds is 0. The summed E-state index contributed by atoms with van der Waals surface area (Å²) < 4.78 is 0. The highest BCUT2D eigenvalue weighted by atomic mass is 16.1. The number of carbonyl (C=O) groups is 1. The van der Waals surface area contributed by atoms with Crippen LogP contribution in [0.3, 0.4) is 0 Å². The van der Waals surface area contributed by atoms with Crippen molar-refractivity contribution in [1.29, 1.82) is 5.26 Å². The molecule has 0 aromatic carbocycles. The van der Waals surface area contributed by atoms with Crippen molar-refractivity contribution in [1.82, 2.24) is 0 Å². The van der Waals surface area contributed by atoms with E-state index in [1.54, 1.807) is 12.2 Å². The largest absolute Gasteiger partial charge is 0.401 e. The average Bonchev–Trinajstić information content (AvgIpc) is 1.88. The molecule has 0 radical (unpaired) electrons. The molecule has 0 amide bonds. The Morgan fingerprint density at radius 2 is 2.40 bits per heavy atom. The lowest BCUT2D eigenvalue weighted by Gasteiger charge is -2.07. The van der Waals surface area contributed by atoms with Gasteiger partial charge in [-0.3, -0.25) is 4.79 Å². The van der Waals surface area contributed by atoms with Gasteiger partial charge in [-0.1, -0.05) is 6.08 Å². The van der Waals surface area contributed by atoms with Gasteiger partial charge >= 0.3 is 0 Å². The Morgan fingerprint density at radius 1 is 1.70 bits per heavy atom. The van der Waals surface area contributed by atoms with Crippen molar-refractivity contribution >= 4 is 5.78 Å². The Kier molecular flexibility index (Phi) is 1.55. The molecule has 0 heterocycles. The van der Waals surface area contributed by atoms with Gasteiger partial charge in [0.2, 0.25) is 0 Å². The van der Waals surface area contributed by atoms with Crippen LogP contribution in [0, 0.1) is 17.2 Å². The first-order valence-corrected chi connectivity index (χ1v) is 2.83. The normalized spacial score (nSPS) is 23.7. The molecular weight excluding hydrogens is 128 g/mol. The molecule has 1 aliphatic carbocycles. The summed E-state index contributed by atoms with van der Waals surface area (Å²) in [5, 5.41) is 8.41. The van der Waals surface area contributed by atoms with Gasteiger partial charge in [0.15, 0.2) is 5.78 Å². The van der Waals surface area contributed by atoms with Crippen LogP contribution in [-0.2, 0) is 4.79 Å². The molecular formula is C7H6N2O. The Bertz CT molecular complexity index is 257. The van der Waals surface area contributed by atoms with Crippen LogP contribution in [0.25, 0.3) is 0 Å². The summed E-state index contributed by atoms with van der Waals surface area (Å²) in [7, 11) is 0. The van der Waals surface area contributed by atoms with Gasteiger partial charge in [0, 0.05) is 5.70 Å². The molecule has 0 saturated heterocycles. The lowest BCUT2D eigenvalue weighted by Crippen LogP contribution is -2.20. The van der Waals surface area contributed by atoms with E-state index in [4.69, 9.17) is 11.0 Å². The van der Waals surface area contributed by atoms with Gasteiger partial charge in [-0.05, 0) is 12.2 Å². The van der Waals surface area contributed by atoms with Crippen molar-refractivity contribution in [2.75, 3.05) is 0 Å². The molecule has 10 heavy (non-hydrogen) atoms. The van der Waals surface area contributed by atoms with Crippen LogP contribution in [0.15, 0.2) is 23.9 Å². The lowest BCUT2D eigenvalue weighted by atomic mass is 9.98. The zero-order valence-electron chi connectivity index (χ0n) is 5.24. The summed E-state index contributed by atoms with van der Waals surface area (Å²) >= 11 is 0. The fourth-order valence-corrected chi connectivity index (χ4v) is 0.749. The summed E-state index contributed by atoms with van der Waals surface area (Å²) in [5.41, 5.74) is 5.68. The van der Waals surface area contributed by atoms with E-state index in [9.17, 15) is 4.79 Å². The van der Waals surface area contributed by atoms with E-state index in [1.165, 1.54) is 6.08 Å². The van der Waals surface area contributed by atoms with Gasteiger partial charge in [0.25, 0.3) is 0 Å². The van der Waals surface area contributed by atoms with Gasteiger partial charge in [-0.25, -0.2) is 0 Å². The molecule has 1 atom stereocenters. The highest BCUT2D eigenvalue weighted by molar-refractivity contribution is 5.97. The molecule has 2 N–H and O–H groups in total. The minimum atomic E-state index is -0.759. The summed E-state index contributed by atoms with van der Waals surface area (Å²) in [6, 6.07) is 1.81. The topological polar surface area (TPSA) is 66.9 Å². The van der Waals surface area contributed by atoms with Crippen LogP contribution in [0.4, 0.5) is 0 Å². The molecule has 1 unspecified atom stereocenters. The summed E-state index contributed by atoms with van der Waals surface area (Å²) in [4.78, 5) is 10.8. The maximum atomic E-state index is 10.8. The van der Waals surface area contributed by atoms with Crippen LogP contribution >= 0.6 is 0 Å². The highest BCUT2D eigenvalue weighted by Crippen LogP contribution is 2.10. The maximum Gasteiger partial charge on any atom is 0.178 e. The molecule has 0 fully saturated rings. The maximum absolute atomic E-state index is 10.8. The molecule has 0 spiro atoms. The van der Waals surface area contributed by atoms with E-state index < -0.39 is 5.92 Å². The van der Waals surface area contributed by atoms with E-state index >= 15 is 0 Å². The van der Waals surface area contributed by atoms with Crippen LogP contribution in [0.1, 0.15) is 0 Å². The van der Waals surface area contributed by atoms with Crippen molar-refractivity contribution in [3.8, 4) is 6.07 Å². The van der Waals surface area contributed by atoms with E-state index in [2.05, 4.69) is 0 Å². The number of hydrogen-bond donors (Lipinski definition) is 1. The van der Waals surface area contributed by atoms with E-state index in [0.29, 0.717) is 5.70 Å². The fraction of sp³-hybridized carbons (Fsp3) is 0.143. The van der Waals surface area contributed by atoms with Crippen LogP contribution in [-0.4, -0.2) is 5.78 Å². The third kappa shape index (κ3) is 0.914. The van der Waals surface area contributed by atoms with Crippen molar-refractivity contribution in [3.63, 3.8) is 0 Å². The molecule has 0 aromatic rings. The van der Waals surface area contributed by atoms with Crippen molar-refractivity contribution in [3.05, 3.63) is 23.9 Å². The molecule has 0 aromatic heterocycles.